The highest BCUT2D eigenvalue weighted by Crippen LogP contribution is 2.26. The van der Waals surface area contributed by atoms with Crippen molar-refractivity contribution in [2.75, 3.05) is 0 Å². The summed E-state index contributed by atoms with van der Waals surface area (Å²) < 4.78 is 24.9. The first-order valence-electron chi connectivity index (χ1n) is 6.66. The van der Waals surface area contributed by atoms with Crippen molar-refractivity contribution >= 4 is 30.6 Å². The Hall–Kier alpha value is -1.92. The number of hydrogen-bond donors (Lipinski definition) is 0. The molecule has 0 radical (unpaired) electrons. The van der Waals surface area contributed by atoms with Crippen LogP contribution < -0.4 is 0 Å². The lowest BCUT2D eigenvalue weighted by atomic mass is 10.1. The van der Waals surface area contributed by atoms with Crippen molar-refractivity contribution in [1.29, 1.82) is 0 Å². The molecule has 0 spiro atoms. The van der Waals surface area contributed by atoms with Gasteiger partial charge in [-0.3, -0.25) is 0 Å². The largest absolute Gasteiger partial charge is 0.264 e. The molecule has 3 rings (SSSR count). The third kappa shape index (κ3) is 2.38. The molecule has 0 fully saturated rings. The summed E-state index contributed by atoms with van der Waals surface area (Å²) in [4.78, 5) is 4.61. The average molecular weight is 336 g/mol. The predicted octanol–water partition coefficient (Wildman–Crippen LogP) is 3.27. The maximum atomic E-state index is 11.7. The molecule has 0 saturated heterocycles. The summed E-state index contributed by atoms with van der Waals surface area (Å²) in [5, 5.41) is 5.34. The summed E-state index contributed by atoms with van der Waals surface area (Å²) >= 11 is 0. The van der Waals surface area contributed by atoms with Crippen molar-refractivity contribution in [2.24, 2.45) is 0 Å². The highest BCUT2D eigenvalue weighted by Gasteiger charge is 2.23. The van der Waals surface area contributed by atoms with Crippen molar-refractivity contribution in [3.63, 3.8) is 0 Å². The van der Waals surface area contributed by atoms with E-state index in [1.165, 1.54) is 4.68 Å². The molecule has 7 heteroatoms. The number of rotatable bonds is 2. The molecule has 22 heavy (non-hydrogen) atoms. The average Bonchev–Trinajstić information content (AvgIpc) is 2.73. The van der Waals surface area contributed by atoms with Crippen LogP contribution in [0.3, 0.4) is 0 Å². The van der Waals surface area contributed by atoms with E-state index in [-0.39, 0.29) is 4.90 Å². The van der Waals surface area contributed by atoms with Gasteiger partial charge in [0.1, 0.15) is 4.90 Å². The fourth-order valence-corrected chi connectivity index (χ4v) is 4.15. The van der Waals surface area contributed by atoms with Gasteiger partial charge in [0.15, 0.2) is 5.82 Å². The Labute approximate surface area is 133 Å². The van der Waals surface area contributed by atoms with Crippen LogP contribution in [0.4, 0.5) is 0 Å². The van der Waals surface area contributed by atoms with Crippen molar-refractivity contribution in [2.45, 2.75) is 25.7 Å². The SMILES string of the molecule is Cc1nn(-c2cc(C)c3ccccc3n2)c(C)c1S(=O)(=O)Cl. The van der Waals surface area contributed by atoms with Crippen molar-refractivity contribution in [3.8, 4) is 5.82 Å². The topological polar surface area (TPSA) is 64.8 Å². The second-order valence-corrected chi connectivity index (χ2v) is 7.67. The molecule has 0 atom stereocenters. The second-order valence-electron chi connectivity index (χ2n) is 5.16. The predicted molar refractivity (Wildman–Crippen MR) is 86.1 cm³/mol. The number of halogens is 1. The number of nitrogens with zero attached hydrogens (tertiary/aromatic N) is 3. The lowest BCUT2D eigenvalue weighted by Gasteiger charge is -2.08. The molecule has 5 nitrogen and oxygen atoms in total. The minimum absolute atomic E-state index is 0.0433. The maximum absolute atomic E-state index is 11.7. The quantitative estimate of drug-likeness (QED) is 0.674. The van der Waals surface area contributed by atoms with Crippen LogP contribution in [0.15, 0.2) is 35.2 Å². The highest BCUT2D eigenvalue weighted by molar-refractivity contribution is 8.13. The lowest BCUT2D eigenvalue weighted by Crippen LogP contribution is -2.04. The van der Waals surface area contributed by atoms with E-state index < -0.39 is 9.05 Å². The van der Waals surface area contributed by atoms with Gasteiger partial charge in [0.2, 0.25) is 0 Å². The van der Waals surface area contributed by atoms with E-state index in [9.17, 15) is 8.42 Å². The Morgan fingerprint density at radius 2 is 1.82 bits per heavy atom. The molecule has 3 aromatic rings. The third-order valence-electron chi connectivity index (χ3n) is 3.60. The van der Waals surface area contributed by atoms with Crippen LogP contribution in [0, 0.1) is 20.8 Å². The summed E-state index contributed by atoms with van der Waals surface area (Å²) in [6.45, 7) is 5.27. The molecule has 0 bridgehead atoms. The molecule has 0 aliphatic rings. The molecule has 0 N–H and O–H groups in total. The molecule has 0 amide bonds. The lowest BCUT2D eigenvalue weighted by molar-refractivity contribution is 0.608. The summed E-state index contributed by atoms with van der Waals surface area (Å²) in [6.07, 6.45) is 0. The fraction of sp³-hybridized carbons (Fsp3) is 0.200. The van der Waals surface area contributed by atoms with E-state index in [0.29, 0.717) is 17.2 Å². The number of aromatic nitrogens is 3. The van der Waals surface area contributed by atoms with E-state index in [1.54, 1.807) is 13.8 Å². The Bertz CT molecular complexity index is 993. The first-order valence-corrected chi connectivity index (χ1v) is 8.97. The van der Waals surface area contributed by atoms with Gasteiger partial charge < -0.3 is 0 Å². The first kappa shape index (κ1) is 15.0. The second kappa shape index (κ2) is 5.07. The van der Waals surface area contributed by atoms with Crippen LogP contribution in [-0.2, 0) is 9.05 Å². The van der Waals surface area contributed by atoms with Gasteiger partial charge in [-0.1, -0.05) is 18.2 Å². The molecule has 2 heterocycles. The van der Waals surface area contributed by atoms with Crippen LogP contribution in [0.1, 0.15) is 17.0 Å². The van der Waals surface area contributed by atoms with Crippen LogP contribution in [0.25, 0.3) is 16.7 Å². The molecule has 0 saturated carbocycles. The number of pyridine rings is 1. The van der Waals surface area contributed by atoms with Crippen molar-refractivity contribution in [1.82, 2.24) is 14.8 Å². The normalized spacial score (nSPS) is 12.0. The van der Waals surface area contributed by atoms with Gasteiger partial charge in [0.05, 0.1) is 16.9 Å². The van der Waals surface area contributed by atoms with E-state index >= 15 is 0 Å². The summed E-state index contributed by atoms with van der Waals surface area (Å²) in [5.41, 5.74) is 2.69. The van der Waals surface area contributed by atoms with Crippen LogP contribution >= 0.6 is 10.7 Å². The zero-order valence-corrected chi connectivity index (χ0v) is 13.9. The monoisotopic (exact) mass is 335 g/mol. The first-order chi connectivity index (χ1) is 10.3. The molecule has 2 aromatic heterocycles. The molecule has 0 unspecified atom stereocenters. The molecule has 0 aliphatic heterocycles. The number of aryl methyl sites for hydroxylation is 2. The smallest absolute Gasteiger partial charge is 0.229 e. The van der Waals surface area contributed by atoms with Gasteiger partial charge in [0, 0.05) is 16.1 Å². The fourth-order valence-electron chi connectivity index (χ4n) is 2.64. The zero-order chi connectivity index (χ0) is 16.1. The van der Waals surface area contributed by atoms with Crippen LogP contribution in [0.2, 0.25) is 0 Å². The Morgan fingerprint density at radius 1 is 1.14 bits per heavy atom. The maximum Gasteiger partial charge on any atom is 0.264 e. The molecular formula is C15H14ClN3O2S. The Kier molecular flexibility index (Phi) is 3.45. The molecule has 114 valence electrons. The van der Waals surface area contributed by atoms with Crippen LogP contribution in [0.5, 0.6) is 0 Å². The van der Waals surface area contributed by atoms with E-state index in [4.69, 9.17) is 10.7 Å². The van der Waals surface area contributed by atoms with Gasteiger partial charge in [-0.2, -0.15) is 5.10 Å². The van der Waals surface area contributed by atoms with Gasteiger partial charge in [0.25, 0.3) is 9.05 Å². The number of fused-ring (bicyclic) bond motifs is 1. The molecular weight excluding hydrogens is 322 g/mol. The van der Waals surface area contributed by atoms with Gasteiger partial charge in [-0.15, -0.1) is 0 Å². The zero-order valence-electron chi connectivity index (χ0n) is 12.3. The molecule has 1 aromatic carbocycles. The van der Waals surface area contributed by atoms with Crippen LogP contribution in [-0.4, -0.2) is 23.2 Å². The number of hydrogen-bond acceptors (Lipinski definition) is 4. The third-order valence-corrected chi connectivity index (χ3v) is 5.14. The highest BCUT2D eigenvalue weighted by atomic mass is 35.7. The minimum atomic E-state index is -3.84. The Morgan fingerprint density at radius 3 is 2.45 bits per heavy atom. The van der Waals surface area contributed by atoms with Crippen molar-refractivity contribution in [3.05, 3.63) is 47.3 Å². The Balaban J connectivity index is 2.29. The van der Waals surface area contributed by atoms with Gasteiger partial charge in [-0.25, -0.2) is 18.1 Å². The van der Waals surface area contributed by atoms with Gasteiger partial charge >= 0.3 is 0 Å². The van der Waals surface area contributed by atoms with Crippen molar-refractivity contribution < 1.29 is 8.42 Å². The summed E-state index contributed by atoms with van der Waals surface area (Å²) in [7, 11) is 1.65. The minimum Gasteiger partial charge on any atom is -0.229 e. The summed E-state index contributed by atoms with van der Waals surface area (Å²) in [5.74, 6) is 0.573. The number of para-hydroxylation sites is 1. The van der Waals surface area contributed by atoms with E-state index in [0.717, 1.165) is 16.5 Å². The molecule has 0 aliphatic carbocycles. The number of benzene rings is 1. The summed E-state index contributed by atoms with van der Waals surface area (Å²) in [6, 6.07) is 9.66. The van der Waals surface area contributed by atoms with E-state index in [2.05, 4.69) is 10.1 Å². The standard InChI is InChI=1S/C15H14ClN3O2S/c1-9-8-14(17-13-7-5-4-6-12(9)13)19-11(3)15(10(2)18-19)22(16,20)21/h4-8H,1-3H3. The van der Waals surface area contributed by atoms with E-state index in [1.807, 2.05) is 37.3 Å². The van der Waals surface area contributed by atoms with Gasteiger partial charge in [-0.05, 0) is 38.5 Å².